The van der Waals surface area contributed by atoms with Crippen LogP contribution >= 0.6 is 0 Å². The second-order valence-electron chi connectivity index (χ2n) is 5.14. The van der Waals surface area contributed by atoms with Crippen molar-refractivity contribution in [3.63, 3.8) is 0 Å². The zero-order chi connectivity index (χ0) is 14.5. The highest BCUT2D eigenvalue weighted by atomic mass is 19.3. The molecule has 0 saturated carbocycles. The lowest BCUT2D eigenvalue weighted by atomic mass is 9.92. The summed E-state index contributed by atoms with van der Waals surface area (Å²) >= 11 is 0. The molecule has 0 fully saturated rings. The van der Waals surface area contributed by atoms with Crippen LogP contribution < -0.4 is 10.1 Å². The molecule has 108 valence electrons. The van der Waals surface area contributed by atoms with Gasteiger partial charge in [-0.05, 0) is 30.5 Å². The Kier molecular flexibility index (Phi) is 5.69. The average Bonchev–Trinajstić information content (AvgIpc) is 2.30. The molecule has 0 spiro atoms. The molecule has 1 atom stereocenters. The van der Waals surface area contributed by atoms with Crippen molar-refractivity contribution in [2.45, 2.75) is 39.5 Å². The Balaban J connectivity index is 2.42. The molecule has 0 aliphatic carbocycles. The van der Waals surface area contributed by atoms with Crippen LogP contribution in [0.1, 0.15) is 26.3 Å². The Hall–Kier alpha value is -1.20. The second-order valence-corrected chi connectivity index (χ2v) is 5.14. The van der Waals surface area contributed by atoms with Crippen molar-refractivity contribution < 1.29 is 18.6 Å². The summed E-state index contributed by atoms with van der Waals surface area (Å²) in [5.74, 6) is 0.301. The fourth-order valence-electron chi connectivity index (χ4n) is 1.45. The molecule has 0 saturated heterocycles. The first-order valence-electron chi connectivity index (χ1n) is 6.28. The standard InChI is InChI=1S/C14H21F2NO2/c1-10(2)14(3,18)9-17-8-11-4-6-12(7-5-11)19-13(15)16/h4-7,10,13,17-18H,8-9H2,1-3H3. The number of ether oxygens (including phenoxy) is 1. The van der Waals surface area contributed by atoms with Gasteiger partial charge in [-0.3, -0.25) is 0 Å². The molecule has 0 aliphatic rings. The highest BCUT2D eigenvalue weighted by molar-refractivity contribution is 5.27. The zero-order valence-electron chi connectivity index (χ0n) is 11.5. The summed E-state index contributed by atoms with van der Waals surface area (Å²) in [5.41, 5.74) is 0.180. The zero-order valence-corrected chi connectivity index (χ0v) is 11.5. The van der Waals surface area contributed by atoms with Crippen molar-refractivity contribution >= 4 is 0 Å². The smallest absolute Gasteiger partial charge is 0.387 e. The number of halogens is 2. The van der Waals surface area contributed by atoms with Crippen molar-refractivity contribution in [1.82, 2.24) is 5.32 Å². The van der Waals surface area contributed by atoms with Gasteiger partial charge < -0.3 is 15.2 Å². The summed E-state index contributed by atoms with van der Waals surface area (Å²) in [6.07, 6.45) is 0. The van der Waals surface area contributed by atoms with Crippen molar-refractivity contribution in [3.05, 3.63) is 29.8 Å². The predicted octanol–water partition coefficient (Wildman–Crippen LogP) is 2.78. The van der Waals surface area contributed by atoms with Gasteiger partial charge in [-0.1, -0.05) is 26.0 Å². The molecule has 0 amide bonds. The Labute approximate surface area is 112 Å². The third-order valence-electron chi connectivity index (χ3n) is 3.20. The summed E-state index contributed by atoms with van der Waals surface area (Å²) in [7, 11) is 0. The summed E-state index contributed by atoms with van der Waals surface area (Å²) < 4.78 is 28.2. The molecule has 3 nitrogen and oxygen atoms in total. The number of hydrogen-bond acceptors (Lipinski definition) is 3. The number of benzene rings is 1. The van der Waals surface area contributed by atoms with E-state index >= 15 is 0 Å². The van der Waals surface area contributed by atoms with E-state index in [2.05, 4.69) is 10.1 Å². The molecule has 1 aromatic carbocycles. The fourth-order valence-corrected chi connectivity index (χ4v) is 1.45. The molecule has 0 heterocycles. The van der Waals surface area contributed by atoms with Crippen LogP contribution in [0.5, 0.6) is 5.75 Å². The summed E-state index contributed by atoms with van der Waals surface area (Å²) in [5, 5.41) is 13.2. The lowest BCUT2D eigenvalue weighted by Crippen LogP contribution is -2.41. The van der Waals surface area contributed by atoms with Crippen molar-refractivity contribution in [2.24, 2.45) is 5.92 Å². The molecule has 2 N–H and O–H groups in total. The molecule has 0 aliphatic heterocycles. The van der Waals surface area contributed by atoms with Crippen LogP contribution in [0.4, 0.5) is 8.78 Å². The van der Waals surface area contributed by atoms with Crippen molar-refractivity contribution in [1.29, 1.82) is 0 Å². The first-order valence-corrected chi connectivity index (χ1v) is 6.28. The molecular weight excluding hydrogens is 252 g/mol. The molecule has 19 heavy (non-hydrogen) atoms. The first kappa shape index (κ1) is 15.9. The van der Waals surface area contributed by atoms with Gasteiger partial charge in [-0.15, -0.1) is 0 Å². The van der Waals surface area contributed by atoms with E-state index in [9.17, 15) is 13.9 Å². The third-order valence-corrected chi connectivity index (χ3v) is 3.20. The Bertz CT molecular complexity index is 378. The van der Waals surface area contributed by atoms with E-state index in [1.807, 2.05) is 13.8 Å². The first-order chi connectivity index (χ1) is 8.81. The molecule has 5 heteroatoms. The van der Waals surface area contributed by atoms with Crippen LogP contribution in [0, 0.1) is 5.92 Å². The van der Waals surface area contributed by atoms with Gasteiger partial charge in [0, 0.05) is 13.1 Å². The number of hydrogen-bond donors (Lipinski definition) is 2. The summed E-state index contributed by atoms with van der Waals surface area (Å²) in [4.78, 5) is 0. The minimum atomic E-state index is -2.80. The van der Waals surface area contributed by atoms with Gasteiger partial charge in [0.2, 0.25) is 0 Å². The minimum absolute atomic E-state index is 0.146. The SMILES string of the molecule is CC(C)C(C)(O)CNCc1ccc(OC(F)F)cc1. The van der Waals surface area contributed by atoms with Crippen LogP contribution in [0.3, 0.4) is 0 Å². The monoisotopic (exact) mass is 273 g/mol. The van der Waals surface area contributed by atoms with E-state index < -0.39 is 12.2 Å². The maximum atomic E-state index is 12.0. The summed E-state index contributed by atoms with van der Waals surface area (Å²) in [6.45, 7) is 3.93. The molecule has 0 aromatic heterocycles. The topological polar surface area (TPSA) is 41.5 Å². The van der Waals surface area contributed by atoms with Crippen LogP contribution in [0.25, 0.3) is 0 Å². The molecule has 1 aromatic rings. The lowest BCUT2D eigenvalue weighted by molar-refractivity contribution is -0.0498. The van der Waals surface area contributed by atoms with Gasteiger partial charge in [0.15, 0.2) is 0 Å². The largest absolute Gasteiger partial charge is 0.435 e. The second kappa shape index (κ2) is 6.82. The lowest BCUT2D eigenvalue weighted by Gasteiger charge is -2.28. The van der Waals surface area contributed by atoms with Crippen LogP contribution in [0.15, 0.2) is 24.3 Å². The normalized spacial score (nSPS) is 14.7. The van der Waals surface area contributed by atoms with E-state index in [0.29, 0.717) is 13.1 Å². The van der Waals surface area contributed by atoms with Gasteiger partial charge in [0.25, 0.3) is 0 Å². The van der Waals surface area contributed by atoms with Gasteiger partial charge in [-0.2, -0.15) is 8.78 Å². The van der Waals surface area contributed by atoms with E-state index in [-0.39, 0.29) is 11.7 Å². The number of rotatable bonds is 7. The van der Waals surface area contributed by atoms with E-state index in [1.54, 1.807) is 19.1 Å². The predicted molar refractivity (Wildman–Crippen MR) is 70.2 cm³/mol. The van der Waals surface area contributed by atoms with Gasteiger partial charge in [-0.25, -0.2) is 0 Å². The fraction of sp³-hybridized carbons (Fsp3) is 0.571. The third kappa shape index (κ3) is 5.53. The Morgan fingerprint density at radius 1 is 1.26 bits per heavy atom. The van der Waals surface area contributed by atoms with E-state index in [4.69, 9.17) is 0 Å². The number of nitrogens with one attached hydrogen (secondary N) is 1. The minimum Gasteiger partial charge on any atom is -0.435 e. The van der Waals surface area contributed by atoms with Gasteiger partial charge >= 0.3 is 6.61 Å². The maximum absolute atomic E-state index is 12.0. The van der Waals surface area contributed by atoms with Crippen molar-refractivity contribution in [2.75, 3.05) is 6.54 Å². The van der Waals surface area contributed by atoms with Gasteiger partial charge in [0.1, 0.15) is 5.75 Å². The van der Waals surface area contributed by atoms with Crippen LogP contribution in [0.2, 0.25) is 0 Å². The van der Waals surface area contributed by atoms with Crippen LogP contribution in [-0.2, 0) is 6.54 Å². The molecule has 1 rings (SSSR count). The van der Waals surface area contributed by atoms with Crippen LogP contribution in [-0.4, -0.2) is 23.9 Å². The highest BCUT2D eigenvalue weighted by Gasteiger charge is 2.23. The average molecular weight is 273 g/mol. The molecule has 0 radical (unpaired) electrons. The highest BCUT2D eigenvalue weighted by Crippen LogP contribution is 2.16. The Morgan fingerprint density at radius 2 is 1.84 bits per heavy atom. The van der Waals surface area contributed by atoms with E-state index in [1.165, 1.54) is 12.1 Å². The van der Waals surface area contributed by atoms with Gasteiger partial charge in [0.05, 0.1) is 5.60 Å². The quantitative estimate of drug-likeness (QED) is 0.802. The molecule has 1 unspecified atom stereocenters. The molecular formula is C14H21F2NO2. The summed E-state index contributed by atoms with van der Waals surface area (Å²) in [6, 6.07) is 6.44. The molecule has 0 bridgehead atoms. The number of alkyl halides is 2. The van der Waals surface area contributed by atoms with E-state index in [0.717, 1.165) is 5.56 Å². The number of aliphatic hydroxyl groups is 1. The maximum Gasteiger partial charge on any atom is 0.387 e. The van der Waals surface area contributed by atoms with Crippen molar-refractivity contribution in [3.8, 4) is 5.75 Å². The Morgan fingerprint density at radius 3 is 2.32 bits per heavy atom.